The molecular weight excluding hydrogens is 356 g/mol. The van der Waals surface area contributed by atoms with Crippen molar-refractivity contribution in [3.8, 4) is 17.2 Å². The van der Waals surface area contributed by atoms with Crippen LogP contribution in [0, 0.1) is 12.8 Å². The van der Waals surface area contributed by atoms with Gasteiger partial charge in [0.1, 0.15) is 11.5 Å². The summed E-state index contributed by atoms with van der Waals surface area (Å²) < 4.78 is 11.5. The Morgan fingerprint density at radius 1 is 1.14 bits per heavy atom. The van der Waals surface area contributed by atoms with Gasteiger partial charge in [-0.2, -0.15) is 0 Å². The first kappa shape index (κ1) is 18.5. The normalized spacial score (nSPS) is 16.6. The van der Waals surface area contributed by atoms with Crippen LogP contribution in [-0.2, 0) is 4.79 Å². The van der Waals surface area contributed by atoms with Crippen LogP contribution in [0.5, 0.6) is 17.2 Å². The monoisotopic (exact) mass is 382 g/mol. The Balaban J connectivity index is 1.48. The fourth-order valence-electron chi connectivity index (χ4n) is 3.47. The summed E-state index contributed by atoms with van der Waals surface area (Å²) in [6, 6.07) is 3.64. The summed E-state index contributed by atoms with van der Waals surface area (Å²) in [7, 11) is 1.59. The maximum Gasteiger partial charge on any atom is 0.227 e. The van der Waals surface area contributed by atoms with Gasteiger partial charge in [-0.25, -0.2) is 9.97 Å². The van der Waals surface area contributed by atoms with Gasteiger partial charge in [0, 0.05) is 24.6 Å². The van der Waals surface area contributed by atoms with Gasteiger partial charge in [0.25, 0.3) is 0 Å². The molecule has 1 aliphatic heterocycles. The Kier molecular flexibility index (Phi) is 5.32. The number of methoxy groups -OCH3 is 1. The standard InChI is InChI=1S/C21H26N4O3/c1-14-18(9-8-17(19(14)27-2)24-20(26)15-6-7-15)28-16-12-22-21(23-13-16)25-10-4-3-5-11-25/h8-9,12-13,15H,3-7,10-11H2,1-2H3,(H,24,26). The van der Waals surface area contributed by atoms with Crippen LogP contribution in [0.1, 0.15) is 37.7 Å². The summed E-state index contributed by atoms with van der Waals surface area (Å²) >= 11 is 0. The minimum atomic E-state index is 0.0491. The third kappa shape index (κ3) is 4.03. The van der Waals surface area contributed by atoms with Crippen molar-refractivity contribution in [2.45, 2.75) is 39.0 Å². The molecular formula is C21H26N4O3. The largest absolute Gasteiger partial charge is 0.494 e. The number of hydrogen-bond donors (Lipinski definition) is 1. The van der Waals surface area contributed by atoms with E-state index in [1.165, 1.54) is 19.3 Å². The molecule has 1 saturated heterocycles. The number of benzene rings is 1. The smallest absolute Gasteiger partial charge is 0.227 e. The zero-order chi connectivity index (χ0) is 19.5. The molecule has 1 aliphatic carbocycles. The summed E-state index contributed by atoms with van der Waals surface area (Å²) in [5.74, 6) is 2.76. The maximum atomic E-state index is 12.1. The molecule has 0 bridgehead atoms. The molecule has 2 fully saturated rings. The topological polar surface area (TPSA) is 76.6 Å². The van der Waals surface area contributed by atoms with Gasteiger partial charge in [-0.05, 0) is 51.2 Å². The van der Waals surface area contributed by atoms with E-state index in [4.69, 9.17) is 9.47 Å². The predicted octanol–water partition coefficient (Wildman–Crippen LogP) is 3.92. The van der Waals surface area contributed by atoms with E-state index in [0.717, 1.165) is 37.4 Å². The highest BCUT2D eigenvalue weighted by Gasteiger charge is 2.30. The Morgan fingerprint density at radius 3 is 2.50 bits per heavy atom. The number of carbonyl (C=O) groups excluding carboxylic acids is 1. The van der Waals surface area contributed by atoms with E-state index in [2.05, 4.69) is 20.2 Å². The molecule has 148 valence electrons. The zero-order valence-electron chi connectivity index (χ0n) is 16.4. The maximum absolute atomic E-state index is 12.1. The molecule has 0 radical (unpaired) electrons. The highest BCUT2D eigenvalue weighted by molar-refractivity contribution is 5.95. The second-order valence-electron chi connectivity index (χ2n) is 7.40. The summed E-state index contributed by atoms with van der Waals surface area (Å²) in [6.07, 6.45) is 8.96. The number of amides is 1. The Bertz CT molecular complexity index is 843. The Labute approximate surface area is 165 Å². The first-order valence-electron chi connectivity index (χ1n) is 9.89. The quantitative estimate of drug-likeness (QED) is 0.816. The molecule has 7 heteroatoms. The van der Waals surface area contributed by atoms with Crippen molar-refractivity contribution in [3.05, 3.63) is 30.1 Å². The van der Waals surface area contributed by atoms with Crippen LogP contribution >= 0.6 is 0 Å². The van der Waals surface area contributed by atoms with Crippen LogP contribution in [0.2, 0.25) is 0 Å². The summed E-state index contributed by atoms with van der Waals surface area (Å²) in [5.41, 5.74) is 1.48. The lowest BCUT2D eigenvalue weighted by molar-refractivity contribution is -0.117. The number of hydrogen-bond acceptors (Lipinski definition) is 6. The van der Waals surface area contributed by atoms with Crippen molar-refractivity contribution in [2.75, 3.05) is 30.4 Å². The van der Waals surface area contributed by atoms with E-state index in [-0.39, 0.29) is 11.8 Å². The molecule has 0 atom stereocenters. The van der Waals surface area contributed by atoms with Crippen LogP contribution in [0.3, 0.4) is 0 Å². The summed E-state index contributed by atoms with van der Waals surface area (Å²) in [4.78, 5) is 23.2. The Morgan fingerprint density at radius 2 is 1.86 bits per heavy atom. The van der Waals surface area contributed by atoms with Gasteiger partial charge >= 0.3 is 0 Å². The second-order valence-corrected chi connectivity index (χ2v) is 7.40. The van der Waals surface area contributed by atoms with Crippen LogP contribution in [0.4, 0.5) is 11.6 Å². The fourth-order valence-corrected chi connectivity index (χ4v) is 3.47. The average molecular weight is 382 g/mol. The molecule has 2 heterocycles. The van der Waals surface area contributed by atoms with Crippen molar-refractivity contribution in [3.63, 3.8) is 0 Å². The summed E-state index contributed by atoms with van der Waals surface area (Å²) in [5, 5.41) is 2.95. The Hall–Kier alpha value is -2.83. The van der Waals surface area contributed by atoms with Crippen LogP contribution in [0.25, 0.3) is 0 Å². The molecule has 0 unspecified atom stereocenters. The molecule has 0 spiro atoms. The van der Waals surface area contributed by atoms with E-state index < -0.39 is 0 Å². The van der Waals surface area contributed by atoms with E-state index in [1.807, 2.05) is 19.1 Å². The van der Waals surface area contributed by atoms with Gasteiger partial charge < -0.3 is 19.7 Å². The molecule has 1 aromatic carbocycles. The van der Waals surface area contributed by atoms with Crippen molar-refractivity contribution in [1.29, 1.82) is 0 Å². The fraction of sp³-hybridized carbons (Fsp3) is 0.476. The van der Waals surface area contributed by atoms with Gasteiger partial charge in [0.2, 0.25) is 11.9 Å². The van der Waals surface area contributed by atoms with E-state index in [1.54, 1.807) is 19.5 Å². The molecule has 2 aliphatic rings. The van der Waals surface area contributed by atoms with Crippen molar-refractivity contribution in [1.82, 2.24) is 9.97 Å². The van der Waals surface area contributed by atoms with E-state index in [9.17, 15) is 4.79 Å². The lowest BCUT2D eigenvalue weighted by Gasteiger charge is -2.26. The number of nitrogens with one attached hydrogen (secondary N) is 1. The predicted molar refractivity (Wildman–Crippen MR) is 107 cm³/mol. The first-order valence-corrected chi connectivity index (χ1v) is 9.89. The van der Waals surface area contributed by atoms with Crippen LogP contribution in [0.15, 0.2) is 24.5 Å². The van der Waals surface area contributed by atoms with E-state index in [0.29, 0.717) is 22.9 Å². The van der Waals surface area contributed by atoms with Crippen molar-refractivity contribution in [2.24, 2.45) is 5.92 Å². The number of piperidine rings is 1. The number of ether oxygens (including phenoxy) is 2. The number of carbonyl (C=O) groups is 1. The third-order valence-corrected chi connectivity index (χ3v) is 5.25. The third-order valence-electron chi connectivity index (χ3n) is 5.25. The second kappa shape index (κ2) is 8.04. The number of aromatic nitrogens is 2. The molecule has 1 aromatic heterocycles. The molecule has 1 amide bonds. The number of anilines is 2. The minimum absolute atomic E-state index is 0.0491. The molecule has 2 aromatic rings. The lowest BCUT2D eigenvalue weighted by atomic mass is 10.1. The lowest BCUT2D eigenvalue weighted by Crippen LogP contribution is -2.30. The molecule has 1 saturated carbocycles. The molecule has 1 N–H and O–H groups in total. The highest BCUT2D eigenvalue weighted by atomic mass is 16.5. The van der Waals surface area contributed by atoms with Crippen LogP contribution < -0.4 is 19.7 Å². The van der Waals surface area contributed by atoms with Gasteiger partial charge in [-0.1, -0.05) is 0 Å². The summed E-state index contributed by atoms with van der Waals surface area (Å²) in [6.45, 7) is 3.92. The van der Waals surface area contributed by atoms with E-state index >= 15 is 0 Å². The van der Waals surface area contributed by atoms with Crippen molar-refractivity contribution < 1.29 is 14.3 Å². The van der Waals surface area contributed by atoms with Gasteiger partial charge in [0.05, 0.1) is 25.2 Å². The SMILES string of the molecule is COc1c(NC(=O)C2CC2)ccc(Oc2cnc(N3CCCCC3)nc2)c1C. The minimum Gasteiger partial charge on any atom is -0.494 e. The van der Waals surface area contributed by atoms with Gasteiger partial charge in [-0.15, -0.1) is 0 Å². The van der Waals surface area contributed by atoms with Crippen molar-refractivity contribution >= 4 is 17.5 Å². The highest BCUT2D eigenvalue weighted by Crippen LogP contribution is 2.38. The molecule has 7 nitrogen and oxygen atoms in total. The van der Waals surface area contributed by atoms with Crippen LogP contribution in [-0.4, -0.2) is 36.1 Å². The molecule has 4 rings (SSSR count). The first-order chi connectivity index (χ1) is 13.7. The number of rotatable bonds is 6. The average Bonchev–Trinajstić information content (AvgIpc) is 3.57. The zero-order valence-corrected chi connectivity index (χ0v) is 16.4. The number of nitrogens with zero attached hydrogens (tertiary/aromatic N) is 3. The van der Waals surface area contributed by atoms with Gasteiger partial charge in [0.15, 0.2) is 5.75 Å². The van der Waals surface area contributed by atoms with Gasteiger partial charge in [-0.3, -0.25) is 4.79 Å². The molecule has 28 heavy (non-hydrogen) atoms.